The maximum atomic E-state index is 11.9. The average molecular weight is 266 g/mol. The van der Waals surface area contributed by atoms with Crippen LogP contribution in [0.2, 0.25) is 5.02 Å². The van der Waals surface area contributed by atoms with Crippen molar-refractivity contribution in [3.8, 4) is 0 Å². The van der Waals surface area contributed by atoms with Gasteiger partial charge in [0.05, 0.1) is 0 Å². The third-order valence-electron chi connectivity index (χ3n) is 3.63. The Morgan fingerprint density at radius 3 is 2.67 bits per heavy atom. The molecule has 0 radical (unpaired) electrons. The van der Waals surface area contributed by atoms with E-state index in [0.717, 1.165) is 29.8 Å². The van der Waals surface area contributed by atoms with Crippen LogP contribution in [0, 0.1) is 5.92 Å². The van der Waals surface area contributed by atoms with Crippen LogP contribution in [0.25, 0.3) is 0 Å². The molecular formula is C15H20ClNO. The molecule has 18 heavy (non-hydrogen) atoms. The van der Waals surface area contributed by atoms with Crippen molar-refractivity contribution >= 4 is 17.5 Å². The molecule has 1 fully saturated rings. The highest BCUT2D eigenvalue weighted by molar-refractivity contribution is 6.31. The van der Waals surface area contributed by atoms with Gasteiger partial charge in [0.15, 0.2) is 0 Å². The molecule has 1 aromatic carbocycles. The zero-order valence-electron chi connectivity index (χ0n) is 10.6. The molecule has 1 aromatic rings. The zero-order valence-corrected chi connectivity index (χ0v) is 11.4. The summed E-state index contributed by atoms with van der Waals surface area (Å²) in [7, 11) is 0. The van der Waals surface area contributed by atoms with Gasteiger partial charge in [0, 0.05) is 17.5 Å². The van der Waals surface area contributed by atoms with E-state index in [4.69, 9.17) is 11.6 Å². The van der Waals surface area contributed by atoms with Crippen LogP contribution in [0.3, 0.4) is 0 Å². The molecular weight excluding hydrogens is 246 g/mol. The molecule has 1 saturated carbocycles. The van der Waals surface area contributed by atoms with Gasteiger partial charge in [-0.05, 0) is 30.9 Å². The largest absolute Gasteiger partial charge is 0.356 e. The van der Waals surface area contributed by atoms with Gasteiger partial charge in [-0.15, -0.1) is 0 Å². The van der Waals surface area contributed by atoms with Crippen molar-refractivity contribution in [3.05, 3.63) is 34.9 Å². The summed E-state index contributed by atoms with van der Waals surface area (Å²) in [5, 5.41) is 3.81. The van der Waals surface area contributed by atoms with Crippen molar-refractivity contribution in [1.29, 1.82) is 0 Å². The van der Waals surface area contributed by atoms with E-state index in [1.807, 2.05) is 24.3 Å². The van der Waals surface area contributed by atoms with Gasteiger partial charge in [-0.25, -0.2) is 0 Å². The fourth-order valence-electron chi connectivity index (χ4n) is 2.53. The van der Waals surface area contributed by atoms with Crippen molar-refractivity contribution < 1.29 is 4.79 Å². The lowest BCUT2D eigenvalue weighted by molar-refractivity contribution is -0.125. The Morgan fingerprint density at radius 2 is 1.94 bits per heavy atom. The molecule has 2 nitrogen and oxygen atoms in total. The molecule has 0 unspecified atom stereocenters. The molecule has 98 valence electrons. The molecule has 0 heterocycles. The molecule has 0 spiro atoms. The number of hydrogen-bond acceptors (Lipinski definition) is 1. The average Bonchev–Trinajstić information content (AvgIpc) is 2.42. The number of nitrogens with one attached hydrogen (secondary N) is 1. The Morgan fingerprint density at radius 1 is 1.22 bits per heavy atom. The highest BCUT2D eigenvalue weighted by atomic mass is 35.5. The third kappa shape index (κ3) is 3.74. The molecule has 0 saturated heterocycles. The Kier molecular flexibility index (Phi) is 5.06. The van der Waals surface area contributed by atoms with Crippen LogP contribution < -0.4 is 5.32 Å². The van der Waals surface area contributed by atoms with Gasteiger partial charge in [0.1, 0.15) is 0 Å². The summed E-state index contributed by atoms with van der Waals surface area (Å²) in [6, 6.07) is 7.80. The number of carbonyl (C=O) groups excluding carboxylic acids is 1. The van der Waals surface area contributed by atoms with Gasteiger partial charge in [0.2, 0.25) is 5.91 Å². The predicted molar refractivity (Wildman–Crippen MR) is 74.7 cm³/mol. The number of halogens is 1. The second-order valence-electron chi connectivity index (χ2n) is 4.97. The first-order valence-electron chi connectivity index (χ1n) is 6.78. The van der Waals surface area contributed by atoms with Crippen molar-refractivity contribution in [2.75, 3.05) is 6.54 Å². The quantitative estimate of drug-likeness (QED) is 0.886. The van der Waals surface area contributed by atoms with E-state index in [1.165, 1.54) is 19.3 Å². The fraction of sp³-hybridized carbons (Fsp3) is 0.533. The Bertz CT molecular complexity index is 399. The van der Waals surface area contributed by atoms with Crippen LogP contribution in [-0.2, 0) is 11.2 Å². The van der Waals surface area contributed by atoms with Gasteiger partial charge < -0.3 is 5.32 Å². The van der Waals surface area contributed by atoms with Crippen LogP contribution in [0.1, 0.15) is 37.7 Å². The summed E-state index contributed by atoms with van der Waals surface area (Å²) < 4.78 is 0. The molecule has 1 N–H and O–H groups in total. The molecule has 1 aliphatic carbocycles. The first kappa shape index (κ1) is 13.4. The minimum Gasteiger partial charge on any atom is -0.356 e. The van der Waals surface area contributed by atoms with E-state index in [2.05, 4.69) is 5.32 Å². The smallest absolute Gasteiger partial charge is 0.223 e. The second-order valence-corrected chi connectivity index (χ2v) is 5.37. The van der Waals surface area contributed by atoms with Crippen LogP contribution in [-0.4, -0.2) is 12.5 Å². The van der Waals surface area contributed by atoms with E-state index in [-0.39, 0.29) is 11.8 Å². The van der Waals surface area contributed by atoms with Gasteiger partial charge in [-0.3, -0.25) is 4.79 Å². The first-order chi connectivity index (χ1) is 8.77. The molecule has 3 heteroatoms. The van der Waals surface area contributed by atoms with E-state index in [1.54, 1.807) is 0 Å². The van der Waals surface area contributed by atoms with Crippen molar-refractivity contribution in [2.24, 2.45) is 5.92 Å². The Labute approximate surface area is 114 Å². The third-order valence-corrected chi connectivity index (χ3v) is 4.00. The Balaban J connectivity index is 1.75. The lowest BCUT2D eigenvalue weighted by atomic mass is 9.88. The number of hydrogen-bond donors (Lipinski definition) is 1. The van der Waals surface area contributed by atoms with Gasteiger partial charge in [0.25, 0.3) is 0 Å². The standard InChI is InChI=1S/C15H20ClNO/c16-14-9-5-4-6-12(14)10-11-17-15(18)13-7-2-1-3-8-13/h4-6,9,13H,1-3,7-8,10-11H2,(H,17,18). The normalized spacial score (nSPS) is 16.5. The molecule has 1 amide bonds. The number of amides is 1. The molecule has 0 aromatic heterocycles. The summed E-state index contributed by atoms with van der Waals surface area (Å²) in [5.41, 5.74) is 1.10. The molecule has 0 bridgehead atoms. The van der Waals surface area contributed by atoms with Gasteiger partial charge in [-0.1, -0.05) is 49.1 Å². The molecule has 0 aliphatic heterocycles. The van der Waals surface area contributed by atoms with E-state index < -0.39 is 0 Å². The summed E-state index contributed by atoms with van der Waals surface area (Å²) in [6.45, 7) is 0.680. The molecule has 1 aliphatic rings. The minimum absolute atomic E-state index is 0.224. The lowest BCUT2D eigenvalue weighted by Crippen LogP contribution is -2.33. The van der Waals surface area contributed by atoms with Crippen LogP contribution in [0.5, 0.6) is 0 Å². The van der Waals surface area contributed by atoms with Crippen molar-refractivity contribution in [3.63, 3.8) is 0 Å². The molecule has 2 rings (SSSR count). The second kappa shape index (κ2) is 6.79. The predicted octanol–water partition coefficient (Wildman–Crippen LogP) is 3.58. The van der Waals surface area contributed by atoms with E-state index in [0.29, 0.717) is 6.54 Å². The van der Waals surface area contributed by atoms with E-state index in [9.17, 15) is 4.79 Å². The summed E-state index contributed by atoms with van der Waals surface area (Å²) in [6.07, 6.45) is 6.59. The minimum atomic E-state index is 0.224. The summed E-state index contributed by atoms with van der Waals surface area (Å²) in [4.78, 5) is 11.9. The van der Waals surface area contributed by atoms with Crippen molar-refractivity contribution in [2.45, 2.75) is 38.5 Å². The first-order valence-corrected chi connectivity index (χ1v) is 7.16. The monoisotopic (exact) mass is 265 g/mol. The number of carbonyl (C=O) groups is 1. The van der Waals surface area contributed by atoms with Gasteiger partial charge >= 0.3 is 0 Å². The Hall–Kier alpha value is -1.02. The van der Waals surface area contributed by atoms with Crippen LogP contribution in [0.4, 0.5) is 0 Å². The SMILES string of the molecule is O=C(NCCc1ccccc1Cl)C1CCCCC1. The molecule has 0 atom stereocenters. The number of rotatable bonds is 4. The highest BCUT2D eigenvalue weighted by Gasteiger charge is 2.20. The maximum Gasteiger partial charge on any atom is 0.223 e. The fourth-order valence-corrected chi connectivity index (χ4v) is 2.76. The summed E-state index contributed by atoms with van der Waals surface area (Å²) >= 11 is 6.08. The topological polar surface area (TPSA) is 29.1 Å². The zero-order chi connectivity index (χ0) is 12.8. The lowest BCUT2D eigenvalue weighted by Gasteiger charge is -2.20. The maximum absolute atomic E-state index is 11.9. The van der Waals surface area contributed by atoms with Gasteiger partial charge in [-0.2, -0.15) is 0 Å². The highest BCUT2D eigenvalue weighted by Crippen LogP contribution is 2.23. The number of benzene rings is 1. The van der Waals surface area contributed by atoms with E-state index >= 15 is 0 Å². The van der Waals surface area contributed by atoms with Crippen molar-refractivity contribution in [1.82, 2.24) is 5.32 Å². The summed E-state index contributed by atoms with van der Waals surface area (Å²) in [5.74, 6) is 0.465. The van der Waals surface area contributed by atoms with Crippen LogP contribution >= 0.6 is 11.6 Å². The van der Waals surface area contributed by atoms with Crippen LogP contribution in [0.15, 0.2) is 24.3 Å².